The predicted octanol–water partition coefficient (Wildman–Crippen LogP) is -4.13. The fourth-order valence-electron chi connectivity index (χ4n) is 4.91. The highest BCUT2D eigenvalue weighted by Crippen LogP contribution is 2.42. The van der Waals surface area contributed by atoms with Gasteiger partial charge in [-0.3, -0.25) is 13.9 Å². The van der Waals surface area contributed by atoms with Crippen LogP contribution in [-0.2, 0) is 24.7 Å². The first-order chi connectivity index (χ1) is 22.0. The fraction of sp³-hybridized carbons (Fsp3) is 0.600. The molecule has 4 aromatic rings. The second-order valence-electron chi connectivity index (χ2n) is 12.3. The number of nitrogen functional groups attached to an aromatic ring is 1. The van der Waals surface area contributed by atoms with Gasteiger partial charge in [0, 0.05) is 0 Å². The lowest BCUT2D eigenvalue weighted by Gasteiger charge is -2.25. The van der Waals surface area contributed by atoms with Crippen molar-refractivity contribution >= 4 is 35.7 Å². The molecule has 0 amide bonds. The molecule has 4 aromatic heterocycles. The number of imidazole rings is 2. The van der Waals surface area contributed by atoms with E-state index in [0.717, 1.165) is 10.9 Å². The number of aliphatic hydroxyl groups excluding tert-OH is 5. The van der Waals surface area contributed by atoms with Gasteiger partial charge >= 0.3 is 0 Å². The molecule has 0 saturated carbocycles. The zero-order valence-corrected chi connectivity index (χ0v) is 26.4. The van der Waals surface area contributed by atoms with Crippen LogP contribution >= 0.6 is 7.60 Å². The van der Waals surface area contributed by atoms with Crippen LogP contribution in [-0.4, -0.2) is 120 Å². The minimum absolute atomic E-state index is 0.0887. The van der Waals surface area contributed by atoms with Gasteiger partial charge in [0.15, 0.2) is 35.1 Å². The lowest BCUT2D eigenvalue weighted by atomic mass is 10.1. The van der Waals surface area contributed by atoms with Crippen molar-refractivity contribution in [3.8, 4) is 0 Å². The van der Waals surface area contributed by atoms with E-state index in [1.54, 1.807) is 0 Å². The van der Waals surface area contributed by atoms with Crippen LogP contribution in [0.3, 0.4) is 0 Å². The number of aromatic amines is 1. The molecule has 0 radical (unpaired) electrons. The topological polar surface area (TPSA) is 330 Å². The van der Waals surface area contributed by atoms with Crippen molar-refractivity contribution in [3.63, 3.8) is 0 Å². The number of H-pyrrole nitrogens is 1. The molecule has 2 aliphatic heterocycles. The Morgan fingerprint density at radius 3 is 2.13 bits per heavy atom. The van der Waals surface area contributed by atoms with Gasteiger partial charge < -0.3 is 65.4 Å². The highest BCUT2D eigenvalue weighted by Gasteiger charge is 2.45. The second kappa shape index (κ2) is 13.2. The van der Waals surface area contributed by atoms with Gasteiger partial charge in [0.05, 0.1) is 37.6 Å². The van der Waals surface area contributed by atoms with Crippen molar-refractivity contribution in [2.45, 2.75) is 81.6 Å². The van der Waals surface area contributed by atoms with Crippen LogP contribution in [0.1, 0.15) is 39.1 Å². The summed E-state index contributed by atoms with van der Waals surface area (Å²) in [4.78, 5) is 47.7. The molecular formula is C25H37N10O11P. The number of aromatic nitrogens is 8. The number of nitrogens with one attached hydrogen (secondary N) is 1. The van der Waals surface area contributed by atoms with Crippen molar-refractivity contribution in [2.75, 3.05) is 18.9 Å². The minimum atomic E-state index is -4.79. The van der Waals surface area contributed by atoms with E-state index in [0.29, 0.717) is 0 Å². The molecule has 22 heteroatoms. The van der Waals surface area contributed by atoms with Gasteiger partial charge in [-0.05, 0) is 20.8 Å². The van der Waals surface area contributed by atoms with Crippen LogP contribution in [0.4, 0.5) is 5.82 Å². The maximum atomic E-state index is 12.8. The summed E-state index contributed by atoms with van der Waals surface area (Å²) >= 11 is 0. The number of anilines is 1. The zero-order valence-electron chi connectivity index (χ0n) is 25.5. The first-order valence-electron chi connectivity index (χ1n) is 14.3. The highest BCUT2D eigenvalue weighted by atomic mass is 31.2. The van der Waals surface area contributed by atoms with E-state index in [1.807, 2.05) is 0 Å². The highest BCUT2D eigenvalue weighted by molar-refractivity contribution is 7.50. The Labute approximate surface area is 265 Å². The minimum Gasteiger partial charge on any atom is -0.778 e. The molecule has 21 nitrogen and oxygen atoms in total. The number of aliphatic hydroxyl groups is 5. The van der Waals surface area contributed by atoms with E-state index in [1.165, 1.54) is 17.2 Å². The van der Waals surface area contributed by atoms with Crippen molar-refractivity contribution in [1.29, 1.82) is 0 Å². The lowest BCUT2D eigenvalue weighted by Crippen LogP contribution is -2.67. The smallest absolute Gasteiger partial charge is 0.279 e. The van der Waals surface area contributed by atoms with Gasteiger partial charge in [0.1, 0.15) is 61.9 Å². The van der Waals surface area contributed by atoms with Crippen LogP contribution in [0.2, 0.25) is 0 Å². The molecule has 2 aliphatic rings. The third kappa shape index (κ3) is 7.34. The number of hydrogen-bond acceptors (Lipinski definition) is 17. The predicted molar refractivity (Wildman–Crippen MR) is 157 cm³/mol. The summed E-state index contributed by atoms with van der Waals surface area (Å²) in [7, 11) is -4.79. The molecule has 0 aliphatic carbocycles. The Bertz CT molecular complexity index is 1820. The second-order valence-corrected chi connectivity index (χ2v) is 14.1. The molecule has 9 atom stereocenters. The van der Waals surface area contributed by atoms with Gasteiger partial charge in [-0.25, -0.2) is 24.9 Å². The van der Waals surface area contributed by atoms with Crippen LogP contribution in [0.5, 0.6) is 0 Å². The van der Waals surface area contributed by atoms with Crippen molar-refractivity contribution in [3.05, 3.63) is 35.2 Å². The molecule has 258 valence electrons. The van der Waals surface area contributed by atoms with Gasteiger partial charge in [-0.2, -0.15) is 0 Å². The molecule has 47 heavy (non-hydrogen) atoms. The summed E-state index contributed by atoms with van der Waals surface area (Å²) in [5, 5.41) is 50.8. The van der Waals surface area contributed by atoms with E-state index in [-0.39, 0.29) is 39.5 Å². The molecule has 2 fully saturated rings. The number of nitrogens with zero attached hydrogens (tertiary/aromatic N) is 7. The Kier molecular flexibility index (Phi) is 9.79. The summed E-state index contributed by atoms with van der Waals surface area (Å²) in [5.41, 5.74) is 9.12. The number of hydrogen-bond donors (Lipinski definition) is 8. The maximum Gasteiger partial charge on any atom is 0.279 e. The van der Waals surface area contributed by atoms with Gasteiger partial charge in [-0.15, -0.1) is 0 Å². The summed E-state index contributed by atoms with van der Waals surface area (Å²) < 4.78 is 31.5. The van der Waals surface area contributed by atoms with E-state index in [4.69, 9.17) is 19.7 Å². The summed E-state index contributed by atoms with van der Waals surface area (Å²) in [6, 6.07) is 0. The van der Waals surface area contributed by atoms with Crippen molar-refractivity contribution in [2.24, 2.45) is 0 Å². The zero-order chi connectivity index (χ0) is 34.4. The first kappa shape index (κ1) is 34.9. The number of fused-ring (bicyclic) bond motifs is 2. The summed E-state index contributed by atoms with van der Waals surface area (Å²) in [5.74, 6) is -0.252. The number of rotatable bonds is 8. The van der Waals surface area contributed by atoms with Crippen LogP contribution in [0.25, 0.3) is 22.3 Å². The van der Waals surface area contributed by atoms with Gasteiger partial charge in [0.2, 0.25) is 0 Å². The van der Waals surface area contributed by atoms with Gasteiger partial charge in [0.25, 0.3) is 5.56 Å². The van der Waals surface area contributed by atoms with Gasteiger partial charge in [-0.1, -0.05) is 0 Å². The molecule has 0 aromatic carbocycles. The number of nitrogens with two attached hydrogens (primary N) is 1. The lowest BCUT2D eigenvalue weighted by molar-refractivity contribution is -0.458. The molecule has 11 N–H and O–H groups in total. The Morgan fingerprint density at radius 2 is 1.53 bits per heavy atom. The van der Waals surface area contributed by atoms with Crippen LogP contribution in [0, 0.1) is 0 Å². The molecule has 0 bridgehead atoms. The first-order valence-corrected chi connectivity index (χ1v) is 16.0. The van der Waals surface area contributed by atoms with E-state index < -0.39 is 81.6 Å². The van der Waals surface area contributed by atoms with E-state index in [2.05, 4.69) is 56.4 Å². The Morgan fingerprint density at radius 1 is 0.979 bits per heavy atom. The SMILES string of the molecule is CC(C)(C)[NH3+].Nc1ncnc2c1ncn2[C@@H]1O[C@H](COP(=O)([O-])Cc2nc3c(ncn3[C@@H]3O[C@H](CO)[C@@H](O)[C@H]3O)c(=O)[nH]2)[C@@H](O)[C@H]1O. The van der Waals surface area contributed by atoms with Crippen molar-refractivity contribution in [1.82, 2.24) is 39.0 Å². The average Bonchev–Trinajstić information content (AvgIpc) is 3.73. The molecular weight excluding hydrogens is 647 g/mol. The standard InChI is InChI=1S/C21H26N9O11P.C4H11N/c22-16-10-17(24-4-23-16)29(5-25-10)20-15(35)13(33)8(41-20)2-39-42(37,38)3-9-27-18-11(19(36)28-9)26-6-30(18)21-14(34)12(32)7(1-31)40-21;1-4(2,3)5/h4-8,12-15,20-21,31-35H,1-3H2,(H,37,38)(H2,22,23,24)(H,27,28,36);5H2,1-3H3/t7-,8-,12-,13-,14-,15-,20-,21-;/m1./s1. The average molecular weight is 685 g/mol. The van der Waals surface area contributed by atoms with E-state index >= 15 is 0 Å². The third-order valence-electron chi connectivity index (χ3n) is 7.05. The monoisotopic (exact) mass is 684 g/mol. The third-order valence-corrected chi connectivity index (χ3v) is 8.28. The molecule has 1 unspecified atom stereocenters. The van der Waals surface area contributed by atoms with Crippen LogP contribution < -0.4 is 21.9 Å². The Hall–Kier alpha value is -3.47. The summed E-state index contributed by atoms with van der Waals surface area (Å²) in [6.45, 7) is 4.95. The largest absolute Gasteiger partial charge is 0.778 e. The Balaban J connectivity index is 0.000000807. The van der Waals surface area contributed by atoms with Crippen molar-refractivity contribution < 1.29 is 54.7 Å². The molecule has 0 spiro atoms. The quantitative estimate of drug-likeness (QED) is 0.0817. The number of ether oxygens (including phenoxy) is 2. The molecule has 2 saturated heterocycles. The van der Waals surface area contributed by atoms with Crippen LogP contribution in [0.15, 0.2) is 23.8 Å². The summed E-state index contributed by atoms with van der Waals surface area (Å²) in [6.07, 6.45) is -8.15. The maximum absolute atomic E-state index is 12.8. The molecule has 6 heterocycles. The normalized spacial score (nSPS) is 29.2. The fourth-order valence-corrected chi connectivity index (χ4v) is 5.89. The molecule has 6 rings (SSSR count). The van der Waals surface area contributed by atoms with E-state index in [9.17, 15) is 39.8 Å². The number of quaternary nitrogens is 1.